The Morgan fingerprint density at radius 3 is 1.89 bits per heavy atom. The van der Waals surface area contributed by atoms with Gasteiger partial charge in [-0.1, -0.05) is 18.2 Å². The lowest BCUT2D eigenvalue weighted by atomic mass is 10.2. The number of hydrogen-bond donors (Lipinski definition) is 0. The monoisotopic (exact) mass is 367 g/mol. The number of para-hydroxylation sites is 1. The van der Waals surface area contributed by atoms with Gasteiger partial charge in [0.2, 0.25) is 0 Å². The molecule has 0 atom stereocenters. The van der Waals surface area contributed by atoms with Crippen molar-refractivity contribution in [1.82, 2.24) is 9.13 Å². The Bertz CT molecular complexity index is 1110. The minimum atomic E-state index is 0.954. The van der Waals surface area contributed by atoms with Crippen LogP contribution in [0.15, 0.2) is 77.8 Å². The summed E-state index contributed by atoms with van der Waals surface area (Å²) in [5.74, 6) is 0. The van der Waals surface area contributed by atoms with Crippen molar-refractivity contribution in [2.24, 2.45) is 4.99 Å². The van der Waals surface area contributed by atoms with E-state index >= 15 is 0 Å². The molecular formula is C25H25N3. The highest BCUT2D eigenvalue weighted by Gasteiger charge is 2.09. The molecule has 2 aromatic heterocycles. The first kappa shape index (κ1) is 18.1. The Morgan fingerprint density at radius 2 is 1.25 bits per heavy atom. The Balaban J connectivity index is 1.60. The van der Waals surface area contributed by atoms with Crippen LogP contribution in [0.3, 0.4) is 0 Å². The van der Waals surface area contributed by atoms with Crippen molar-refractivity contribution in [2.75, 3.05) is 0 Å². The summed E-state index contributed by atoms with van der Waals surface area (Å²) in [6.07, 6.45) is 1.96. The first-order valence-corrected chi connectivity index (χ1v) is 9.58. The number of rotatable bonds is 4. The van der Waals surface area contributed by atoms with Gasteiger partial charge in [-0.05, 0) is 82.3 Å². The summed E-state index contributed by atoms with van der Waals surface area (Å²) < 4.78 is 4.52. The quantitative estimate of drug-likeness (QED) is 0.380. The van der Waals surface area contributed by atoms with Gasteiger partial charge in [-0.2, -0.15) is 0 Å². The van der Waals surface area contributed by atoms with Crippen molar-refractivity contribution in [2.45, 2.75) is 27.7 Å². The van der Waals surface area contributed by atoms with E-state index in [1.54, 1.807) is 0 Å². The molecule has 0 saturated carbocycles. The molecule has 0 N–H and O–H groups in total. The highest BCUT2D eigenvalue weighted by atomic mass is 15.0. The van der Waals surface area contributed by atoms with Crippen LogP contribution in [0.25, 0.3) is 11.4 Å². The predicted molar refractivity (Wildman–Crippen MR) is 118 cm³/mol. The Morgan fingerprint density at radius 1 is 0.643 bits per heavy atom. The lowest BCUT2D eigenvalue weighted by Gasteiger charge is -2.09. The Kier molecular flexibility index (Phi) is 4.74. The van der Waals surface area contributed by atoms with Gasteiger partial charge in [0.15, 0.2) is 0 Å². The van der Waals surface area contributed by atoms with Crippen LogP contribution in [0.2, 0.25) is 0 Å². The second-order valence-electron chi connectivity index (χ2n) is 7.22. The third-order valence-electron chi connectivity index (χ3n) is 5.22. The highest BCUT2D eigenvalue weighted by molar-refractivity contribution is 5.84. The van der Waals surface area contributed by atoms with Gasteiger partial charge < -0.3 is 9.13 Å². The molecular weight excluding hydrogens is 342 g/mol. The zero-order valence-corrected chi connectivity index (χ0v) is 16.8. The van der Waals surface area contributed by atoms with Gasteiger partial charge in [0.1, 0.15) is 0 Å². The third kappa shape index (κ3) is 3.31. The molecule has 0 bridgehead atoms. The van der Waals surface area contributed by atoms with Crippen LogP contribution in [-0.4, -0.2) is 15.3 Å². The molecule has 0 saturated heterocycles. The number of nitrogens with zero attached hydrogens (tertiary/aromatic N) is 3. The van der Waals surface area contributed by atoms with Crippen LogP contribution in [-0.2, 0) is 0 Å². The number of hydrogen-bond acceptors (Lipinski definition) is 1. The molecule has 0 radical (unpaired) electrons. The largest absolute Gasteiger partial charge is 0.319 e. The molecule has 0 aliphatic rings. The summed E-state index contributed by atoms with van der Waals surface area (Å²) >= 11 is 0. The van der Waals surface area contributed by atoms with Crippen molar-refractivity contribution in [1.29, 1.82) is 0 Å². The fourth-order valence-corrected chi connectivity index (χ4v) is 3.80. The maximum Gasteiger partial charge on any atom is 0.0631 e. The van der Waals surface area contributed by atoms with Crippen molar-refractivity contribution >= 4 is 11.9 Å². The van der Waals surface area contributed by atoms with E-state index in [4.69, 9.17) is 4.99 Å². The van der Waals surface area contributed by atoms with Crippen molar-refractivity contribution < 1.29 is 0 Å². The minimum absolute atomic E-state index is 0.954. The van der Waals surface area contributed by atoms with E-state index in [-0.39, 0.29) is 0 Å². The van der Waals surface area contributed by atoms with E-state index in [0.717, 1.165) is 11.3 Å². The molecule has 0 spiro atoms. The van der Waals surface area contributed by atoms with Crippen molar-refractivity contribution in [3.63, 3.8) is 0 Å². The zero-order chi connectivity index (χ0) is 19.7. The molecule has 0 aliphatic heterocycles. The molecule has 28 heavy (non-hydrogen) atoms. The fourth-order valence-electron chi connectivity index (χ4n) is 3.80. The first-order valence-electron chi connectivity index (χ1n) is 9.58. The third-order valence-corrected chi connectivity index (χ3v) is 5.22. The van der Waals surface area contributed by atoms with Gasteiger partial charge in [0.05, 0.1) is 5.69 Å². The van der Waals surface area contributed by atoms with E-state index in [1.165, 1.54) is 34.2 Å². The Labute approximate surface area is 166 Å². The molecule has 4 aromatic rings. The van der Waals surface area contributed by atoms with Crippen LogP contribution in [0.1, 0.15) is 28.3 Å². The van der Waals surface area contributed by atoms with E-state index in [1.807, 2.05) is 12.3 Å². The van der Waals surface area contributed by atoms with Gasteiger partial charge in [-0.15, -0.1) is 0 Å². The minimum Gasteiger partial charge on any atom is -0.319 e. The van der Waals surface area contributed by atoms with Gasteiger partial charge >= 0.3 is 0 Å². The molecule has 0 fully saturated rings. The summed E-state index contributed by atoms with van der Waals surface area (Å²) in [5.41, 5.74) is 9.32. The topological polar surface area (TPSA) is 22.2 Å². The van der Waals surface area contributed by atoms with E-state index < -0.39 is 0 Å². The fraction of sp³-hybridized carbons (Fsp3) is 0.160. The summed E-state index contributed by atoms with van der Waals surface area (Å²) in [6, 6.07) is 25.3. The number of aromatic nitrogens is 2. The van der Waals surface area contributed by atoms with E-state index in [0.29, 0.717) is 0 Å². The summed E-state index contributed by atoms with van der Waals surface area (Å²) in [6.45, 7) is 8.53. The number of benzene rings is 2. The van der Waals surface area contributed by atoms with E-state index in [2.05, 4.69) is 104 Å². The maximum atomic E-state index is 4.71. The first-order chi connectivity index (χ1) is 13.5. The second kappa shape index (κ2) is 7.35. The predicted octanol–water partition coefficient (Wildman–Crippen LogP) is 6.25. The average Bonchev–Trinajstić information content (AvgIpc) is 3.19. The molecule has 0 amide bonds. The Hall–Kier alpha value is -3.33. The molecule has 140 valence electrons. The number of aliphatic imine (C=N–C) groups is 1. The highest BCUT2D eigenvalue weighted by Crippen LogP contribution is 2.22. The smallest absolute Gasteiger partial charge is 0.0631 e. The van der Waals surface area contributed by atoms with Crippen LogP contribution >= 0.6 is 0 Å². The summed E-state index contributed by atoms with van der Waals surface area (Å²) in [5, 5.41) is 0. The molecule has 0 unspecified atom stereocenters. The standard InChI is InChI=1S/C25H25N3/c1-18-10-11-19(2)27(18)25-14-12-23(13-15-25)26-17-22-16-20(3)28(21(22)4)24-8-6-5-7-9-24/h5-17H,1-4H3. The van der Waals surface area contributed by atoms with E-state index in [9.17, 15) is 0 Å². The molecule has 3 heteroatoms. The van der Waals surface area contributed by atoms with Crippen LogP contribution in [0.5, 0.6) is 0 Å². The van der Waals surface area contributed by atoms with Gasteiger partial charge in [-0.3, -0.25) is 4.99 Å². The maximum absolute atomic E-state index is 4.71. The molecule has 3 nitrogen and oxygen atoms in total. The van der Waals surface area contributed by atoms with Gasteiger partial charge in [-0.25, -0.2) is 0 Å². The molecule has 2 heterocycles. The summed E-state index contributed by atoms with van der Waals surface area (Å²) in [4.78, 5) is 4.71. The lowest BCUT2D eigenvalue weighted by Crippen LogP contribution is -1.99. The van der Waals surface area contributed by atoms with Crippen LogP contribution in [0, 0.1) is 27.7 Å². The van der Waals surface area contributed by atoms with Crippen molar-refractivity contribution in [3.05, 3.63) is 101 Å². The normalized spacial score (nSPS) is 11.4. The van der Waals surface area contributed by atoms with Crippen molar-refractivity contribution in [3.8, 4) is 11.4 Å². The second-order valence-corrected chi connectivity index (χ2v) is 7.22. The SMILES string of the molecule is Cc1ccc(C)n1-c1ccc(N=Cc2cc(C)n(-c3ccccc3)c2C)cc1. The molecule has 4 rings (SSSR count). The average molecular weight is 367 g/mol. The van der Waals surface area contributed by atoms with Crippen LogP contribution < -0.4 is 0 Å². The lowest BCUT2D eigenvalue weighted by molar-refractivity contribution is 0.964. The van der Waals surface area contributed by atoms with Gasteiger partial charge in [0, 0.05) is 45.9 Å². The molecule has 0 aliphatic carbocycles. The van der Waals surface area contributed by atoms with Gasteiger partial charge in [0.25, 0.3) is 0 Å². The number of aryl methyl sites for hydroxylation is 3. The summed E-state index contributed by atoms with van der Waals surface area (Å²) in [7, 11) is 0. The molecule has 2 aromatic carbocycles. The van der Waals surface area contributed by atoms with Crippen LogP contribution in [0.4, 0.5) is 5.69 Å². The zero-order valence-electron chi connectivity index (χ0n) is 16.8.